The highest BCUT2D eigenvalue weighted by molar-refractivity contribution is 5.89. The van der Waals surface area contributed by atoms with E-state index in [9.17, 15) is 4.79 Å². The summed E-state index contributed by atoms with van der Waals surface area (Å²) in [6.07, 6.45) is 2.55. The zero-order valence-electron chi connectivity index (χ0n) is 14.6. The molecular formula is C19H23N5O. The molecule has 25 heavy (non-hydrogen) atoms. The molecule has 0 saturated carbocycles. The highest BCUT2D eigenvalue weighted by atomic mass is 16.1. The maximum absolute atomic E-state index is 11.2. The molecule has 6 heteroatoms. The zero-order chi connectivity index (χ0) is 17.4. The molecule has 2 aliphatic rings. The number of benzene rings is 1. The number of rotatable bonds is 3. The number of nitrogens with one attached hydrogen (secondary N) is 1. The van der Waals surface area contributed by atoms with Gasteiger partial charge >= 0.3 is 0 Å². The summed E-state index contributed by atoms with van der Waals surface area (Å²) < 4.78 is 0. The third-order valence-electron chi connectivity index (χ3n) is 5.30. The van der Waals surface area contributed by atoms with Crippen LogP contribution in [0.15, 0.2) is 36.4 Å². The Bertz CT molecular complexity index is 762. The van der Waals surface area contributed by atoms with Gasteiger partial charge in [0.2, 0.25) is 5.91 Å². The molecular weight excluding hydrogens is 314 g/mol. The monoisotopic (exact) mass is 337 g/mol. The number of likely N-dealkylation sites (N-methyl/N-ethyl adjacent to an activating group) is 1. The van der Waals surface area contributed by atoms with Gasteiger partial charge in [0.05, 0.1) is 5.69 Å². The summed E-state index contributed by atoms with van der Waals surface area (Å²) in [6, 6.07) is 13.0. The summed E-state index contributed by atoms with van der Waals surface area (Å²) in [5.41, 5.74) is 2.53. The molecule has 0 radical (unpaired) electrons. The summed E-state index contributed by atoms with van der Waals surface area (Å²) in [4.78, 5) is 16.1. The van der Waals surface area contributed by atoms with Gasteiger partial charge in [-0.15, -0.1) is 10.2 Å². The van der Waals surface area contributed by atoms with Crippen LogP contribution in [0.4, 0.5) is 11.5 Å². The largest absolute Gasteiger partial charge is 0.352 e. The highest BCUT2D eigenvalue weighted by Crippen LogP contribution is 2.30. The third kappa shape index (κ3) is 3.22. The van der Waals surface area contributed by atoms with E-state index in [1.807, 2.05) is 30.3 Å². The standard InChI is InChI=1S/C19H23N5O/c1-13(25)20-15-5-3-4-14(10-15)18-8-9-19(22-21-18)24-11-16-6-7-17(12-24)23(16)2/h3-5,8-10,16-17H,6-7,11-12H2,1-2H3,(H,20,25). The second-order valence-corrected chi connectivity index (χ2v) is 6.99. The molecule has 2 saturated heterocycles. The molecule has 6 nitrogen and oxygen atoms in total. The number of aromatic nitrogens is 2. The van der Waals surface area contributed by atoms with Crippen LogP contribution in [0.2, 0.25) is 0 Å². The minimum atomic E-state index is -0.0803. The van der Waals surface area contributed by atoms with Crippen molar-refractivity contribution >= 4 is 17.4 Å². The third-order valence-corrected chi connectivity index (χ3v) is 5.30. The van der Waals surface area contributed by atoms with Gasteiger partial charge in [-0.2, -0.15) is 0 Å². The normalized spacial score (nSPS) is 22.9. The van der Waals surface area contributed by atoms with Crippen molar-refractivity contribution in [3.8, 4) is 11.3 Å². The molecule has 0 aliphatic carbocycles. The maximum Gasteiger partial charge on any atom is 0.221 e. The Balaban J connectivity index is 1.52. The lowest BCUT2D eigenvalue weighted by molar-refractivity contribution is -0.114. The van der Waals surface area contributed by atoms with E-state index in [0.29, 0.717) is 12.1 Å². The average molecular weight is 337 g/mol. The molecule has 4 rings (SSSR count). The van der Waals surface area contributed by atoms with Crippen molar-refractivity contribution in [2.24, 2.45) is 0 Å². The molecule has 1 amide bonds. The average Bonchev–Trinajstić information content (AvgIpc) is 2.83. The number of hydrogen-bond donors (Lipinski definition) is 1. The van der Waals surface area contributed by atoms with E-state index in [1.165, 1.54) is 19.8 Å². The van der Waals surface area contributed by atoms with Crippen molar-refractivity contribution in [2.45, 2.75) is 31.8 Å². The van der Waals surface area contributed by atoms with E-state index in [-0.39, 0.29) is 5.91 Å². The quantitative estimate of drug-likeness (QED) is 0.932. The van der Waals surface area contributed by atoms with Crippen LogP contribution in [0.3, 0.4) is 0 Å². The Morgan fingerprint density at radius 3 is 2.52 bits per heavy atom. The first-order valence-corrected chi connectivity index (χ1v) is 8.79. The topological polar surface area (TPSA) is 61.4 Å². The van der Waals surface area contributed by atoms with E-state index in [4.69, 9.17) is 0 Å². The van der Waals surface area contributed by atoms with Crippen LogP contribution in [0, 0.1) is 0 Å². The predicted octanol–water partition coefficient (Wildman–Crippen LogP) is 2.38. The van der Waals surface area contributed by atoms with E-state index in [1.54, 1.807) is 0 Å². The van der Waals surface area contributed by atoms with Gasteiger partial charge in [-0.1, -0.05) is 12.1 Å². The second-order valence-electron chi connectivity index (χ2n) is 6.99. The van der Waals surface area contributed by atoms with E-state index < -0.39 is 0 Å². The second kappa shape index (κ2) is 6.44. The number of nitrogens with zero attached hydrogens (tertiary/aromatic N) is 4. The molecule has 2 bridgehead atoms. The minimum absolute atomic E-state index is 0.0803. The molecule has 3 heterocycles. The molecule has 2 atom stereocenters. The summed E-state index contributed by atoms with van der Waals surface area (Å²) in [7, 11) is 2.23. The van der Waals surface area contributed by atoms with Gasteiger partial charge in [0.1, 0.15) is 0 Å². The van der Waals surface area contributed by atoms with Crippen LogP contribution in [0.1, 0.15) is 19.8 Å². The number of carbonyl (C=O) groups is 1. The van der Waals surface area contributed by atoms with Gasteiger partial charge in [0.15, 0.2) is 5.82 Å². The lowest BCUT2D eigenvalue weighted by Crippen LogP contribution is -2.52. The number of piperazine rings is 1. The molecule has 1 N–H and O–H groups in total. The van der Waals surface area contributed by atoms with E-state index >= 15 is 0 Å². The number of hydrogen-bond acceptors (Lipinski definition) is 5. The van der Waals surface area contributed by atoms with Gasteiger partial charge < -0.3 is 10.2 Å². The fourth-order valence-electron chi connectivity index (χ4n) is 3.91. The number of amides is 1. The van der Waals surface area contributed by atoms with E-state index in [2.05, 4.69) is 38.4 Å². The molecule has 1 aromatic carbocycles. The zero-order valence-corrected chi connectivity index (χ0v) is 14.6. The van der Waals surface area contributed by atoms with Crippen molar-refractivity contribution in [3.05, 3.63) is 36.4 Å². The molecule has 2 unspecified atom stereocenters. The Labute approximate surface area is 147 Å². The lowest BCUT2D eigenvalue weighted by atomic mass is 10.1. The molecule has 2 fully saturated rings. The van der Waals surface area contributed by atoms with Crippen molar-refractivity contribution < 1.29 is 4.79 Å². The van der Waals surface area contributed by atoms with Crippen molar-refractivity contribution in [2.75, 3.05) is 30.4 Å². The lowest BCUT2D eigenvalue weighted by Gasteiger charge is -2.39. The van der Waals surface area contributed by atoms with Gasteiger partial charge in [0.25, 0.3) is 0 Å². The fraction of sp³-hybridized carbons (Fsp3) is 0.421. The Morgan fingerprint density at radius 1 is 1.12 bits per heavy atom. The first-order chi connectivity index (χ1) is 12.1. The van der Waals surface area contributed by atoms with Gasteiger partial charge in [-0.25, -0.2) is 0 Å². The van der Waals surface area contributed by atoms with Crippen LogP contribution in [0.5, 0.6) is 0 Å². The first kappa shape index (κ1) is 16.0. The van der Waals surface area contributed by atoms with Crippen LogP contribution in [0.25, 0.3) is 11.3 Å². The molecule has 2 aliphatic heterocycles. The smallest absolute Gasteiger partial charge is 0.221 e. The predicted molar refractivity (Wildman–Crippen MR) is 98.6 cm³/mol. The Hall–Kier alpha value is -2.47. The summed E-state index contributed by atoms with van der Waals surface area (Å²) in [5, 5.41) is 11.7. The number of anilines is 2. The van der Waals surface area contributed by atoms with Crippen LogP contribution < -0.4 is 10.2 Å². The number of fused-ring (bicyclic) bond motifs is 2. The highest BCUT2D eigenvalue weighted by Gasteiger charge is 2.37. The Kier molecular flexibility index (Phi) is 4.13. The number of carbonyl (C=O) groups excluding carboxylic acids is 1. The summed E-state index contributed by atoms with van der Waals surface area (Å²) in [6.45, 7) is 3.56. The van der Waals surface area contributed by atoms with Crippen molar-refractivity contribution in [1.29, 1.82) is 0 Å². The maximum atomic E-state index is 11.2. The van der Waals surface area contributed by atoms with Crippen molar-refractivity contribution in [1.82, 2.24) is 15.1 Å². The molecule has 1 aromatic heterocycles. The van der Waals surface area contributed by atoms with Gasteiger partial charge in [0, 0.05) is 43.3 Å². The van der Waals surface area contributed by atoms with Gasteiger partial charge in [-0.05, 0) is 44.2 Å². The van der Waals surface area contributed by atoms with Crippen LogP contribution >= 0.6 is 0 Å². The molecule has 130 valence electrons. The van der Waals surface area contributed by atoms with Crippen LogP contribution in [-0.2, 0) is 4.79 Å². The minimum Gasteiger partial charge on any atom is -0.352 e. The van der Waals surface area contributed by atoms with Crippen molar-refractivity contribution in [3.63, 3.8) is 0 Å². The van der Waals surface area contributed by atoms with Gasteiger partial charge in [-0.3, -0.25) is 9.69 Å². The van der Waals surface area contributed by atoms with Crippen LogP contribution in [-0.4, -0.2) is 53.2 Å². The molecule has 2 aromatic rings. The van der Waals surface area contributed by atoms with E-state index in [0.717, 1.165) is 35.9 Å². The fourth-order valence-corrected chi connectivity index (χ4v) is 3.91. The Morgan fingerprint density at radius 2 is 1.88 bits per heavy atom. The molecule has 0 spiro atoms. The summed E-state index contributed by atoms with van der Waals surface area (Å²) >= 11 is 0. The SMILES string of the molecule is CC(=O)Nc1cccc(-c2ccc(N3CC4CCC(C3)N4C)nn2)c1. The first-order valence-electron chi connectivity index (χ1n) is 8.79. The summed E-state index contributed by atoms with van der Waals surface area (Å²) in [5.74, 6) is 0.870.